The number of carbonyl (C=O) groups excluding carboxylic acids is 1. The third-order valence-electron chi connectivity index (χ3n) is 4.63. The van der Waals surface area contributed by atoms with E-state index in [2.05, 4.69) is 22.2 Å². The summed E-state index contributed by atoms with van der Waals surface area (Å²) in [6.45, 7) is 3.77. The molecule has 1 aromatic carbocycles. The van der Waals surface area contributed by atoms with E-state index in [0.717, 1.165) is 31.6 Å². The smallest absolute Gasteiger partial charge is 0.272 e. The number of rotatable bonds is 5. The molecule has 2 aromatic rings. The van der Waals surface area contributed by atoms with E-state index in [1.165, 1.54) is 6.33 Å². The van der Waals surface area contributed by atoms with Gasteiger partial charge in [-0.1, -0.05) is 6.92 Å². The molecule has 1 aliphatic heterocycles. The zero-order valence-corrected chi connectivity index (χ0v) is 15.4. The Balaban J connectivity index is 1.76. The lowest BCUT2D eigenvalue weighted by Crippen LogP contribution is -2.38. The third kappa shape index (κ3) is 4.04. The number of nitrogens with zero attached hydrogens (tertiary/aromatic N) is 3. The van der Waals surface area contributed by atoms with Crippen LogP contribution >= 0.6 is 0 Å². The molecule has 0 radical (unpaired) electrons. The van der Waals surface area contributed by atoms with E-state index in [0.29, 0.717) is 28.9 Å². The second-order valence-electron chi connectivity index (χ2n) is 6.45. The number of anilines is 2. The summed E-state index contributed by atoms with van der Waals surface area (Å²) in [5.41, 5.74) is 1.13. The molecule has 1 amide bonds. The van der Waals surface area contributed by atoms with Crippen LogP contribution < -0.4 is 14.8 Å². The van der Waals surface area contributed by atoms with E-state index in [1.807, 2.05) is 17.0 Å². The van der Waals surface area contributed by atoms with E-state index in [9.17, 15) is 4.79 Å². The van der Waals surface area contributed by atoms with Crippen molar-refractivity contribution < 1.29 is 14.3 Å². The van der Waals surface area contributed by atoms with Crippen molar-refractivity contribution in [2.45, 2.75) is 19.8 Å². The molecule has 1 aromatic heterocycles. The molecule has 0 atom stereocenters. The van der Waals surface area contributed by atoms with Crippen molar-refractivity contribution in [2.24, 2.45) is 5.92 Å². The lowest BCUT2D eigenvalue weighted by Gasteiger charge is -2.30. The van der Waals surface area contributed by atoms with Gasteiger partial charge in [0.1, 0.15) is 29.3 Å². The molecule has 0 unspecified atom stereocenters. The molecule has 26 heavy (non-hydrogen) atoms. The van der Waals surface area contributed by atoms with Crippen molar-refractivity contribution in [1.29, 1.82) is 0 Å². The maximum Gasteiger partial charge on any atom is 0.272 e. The first-order valence-electron chi connectivity index (χ1n) is 8.71. The Kier molecular flexibility index (Phi) is 5.55. The summed E-state index contributed by atoms with van der Waals surface area (Å²) >= 11 is 0. The molecule has 0 spiro atoms. The van der Waals surface area contributed by atoms with Gasteiger partial charge < -0.3 is 19.7 Å². The van der Waals surface area contributed by atoms with Gasteiger partial charge in [0.2, 0.25) is 0 Å². The van der Waals surface area contributed by atoms with Crippen molar-refractivity contribution in [3.63, 3.8) is 0 Å². The fourth-order valence-electron chi connectivity index (χ4n) is 2.96. The van der Waals surface area contributed by atoms with Crippen LogP contribution in [0.4, 0.5) is 11.5 Å². The van der Waals surface area contributed by atoms with Crippen molar-refractivity contribution in [2.75, 3.05) is 32.6 Å². The molecular weight excluding hydrogens is 332 g/mol. The Labute approximate surface area is 153 Å². The summed E-state index contributed by atoms with van der Waals surface area (Å²) in [5, 5.41) is 3.18. The van der Waals surface area contributed by atoms with Crippen molar-refractivity contribution in [3.8, 4) is 11.5 Å². The fraction of sp³-hybridized carbons (Fsp3) is 0.421. The third-order valence-corrected chi connectivity index (χ3v) is 4.63. The average molecular weight is 356 g/mol. The molecule has 0 saturated carbocycles. The summed E-state index contributed by atoms with van der Waals surface area (Å²) in [5.74, 6) is 2.48. The van der Waals surface area contributed by atoms with Crippen LogP contribution in [-0.4, -0.2) is 48.1 Å². The first-order valence-corrected chi connectivity index (χ1v) is 8.71. The maximum absolute atomic E-state index is 12.7. The second kappa shape index (κ2) is 8.03. The van der Waals surface area contributed by atoms with Crippen LogP contribution in [-0.2, 0) is 0 Å². The van der Waals surface area contributed by atoms with Gasteiger partial charge in [-0.3, -0.25) is 4.79 Å². The monoisotopic (exact) mass is 356 g/mol. The first kappa shape index (κ1) is 18.0. The predicted molar refractivity (Wildman–Crippen MR) is 99.2 cm³/mol. The predicted octanol–water partition coefficient (Wildman–Crippen LogP) is 3.11. The number of hydrogen-bond acceptors (Lipinski definition) is 6. The van der Waals surface area contributed by atoms with Gasteiger partial charge >= 0.3 is 0 Å². The van der Waals surface area contributed by atoms with E-state index < -0.39 is 0 Å². The Morgan fingerprint density at radius 2 is 1.92 bits per heavy atom. The number of piperidine rings is 1. The largest absolute Gasteiger partial charge is 0.497 e. The summed E-state index contributed by atoms with van der Waals surface area (Å²) in [4.78, 5) is 22.9. The van der Waals surface area contributed by atoms with Gasteiger partial charge in [-0.25, -0.2) is 9.97 Å². The summed E-state index contributed by atoms with van der Waals surface area (Å²) in [6.07, 6.45) is 3.47. The lowest BCUT2D eigenvalue weighted by molar-refractivity contribution is 0.0691. The molecule has 3 rings (SSSR count). The van der Waals surface area contributed by atoms with Gasteiger partial charge in [0.05, 0.1) is 19.9 Å². The highest BCUT2D eigenvalue weighted by atomic mass is 16.5. The molecule has 1 saturated heterocycles. The zero-order valence-electron chi connectivity index (χ0n) is 15.4. The number of aromatic nitrogens is 2. The topological polar surface area (TPSA) is 76.6 Å². The number of ether oxygens (including phenoxy) is 2. The number of methoxy groups -OCH3 is 2. The van der Waals surface area contributed by atoms with Gasteiger partial charge in [0.15, 0.2) is 0 Å². The van der Waals surface area contributed by atoms with Crippen molar-refractivity contribution >= 4 is 17.4 Å². The van der Waals surface area contributed by atoms with Crippen molar-refractivity contribution in [3.05, 3.63) is 36.3 Å². The van der Waals surface area contributed by atoms with Crippen LogP contribution in [0, 0.1) is 5.92 Å². The van der Waals surface area contributed by atoms with Crippen molar-refractivity contribution in [1.82, 2.24) is 14.9 Å². The van der Waals surface area contributed by atoms with Gasteiger partial charge in [-0.05, 0) is 30.9 Å². The second-order valence-corrected chi connectivity index (χ2v) is 6.45. The van der Waals surface area contributed by atoms with Crippen LogP contribution in [0.1, 0.15) is 30.3 Å². The highest BCUT2D eigenvalue weighted by molar-refractivity contribution is 5.93. The highest BCUT2D eigenvalue weighted by Gasteiger charge is 2.22. The number of likely N-dealkylation sites (tertiary alicyclic amines) is 1. The molecule has 138 valence electrons. The summed E-state index contributed by atoms with van der Waals surface area (Å²) in [7, 11) is 3.19. The van der Waals surface area contributed by atoms with Gasteiger partial charge in [0, 0.05) is 25.2 Å². The Bertz CT molecular complexity index is 773. The van der Waals surface area contributed by atoms with E-state index in [1.54, 1.807) is 26.4 Å². The van der Waals surface area contributed by atoms with Gasteiger partial charge in [0.25, 0.3) is 5.91 Å². The minimum absolute atomic E-state index is 0.0518. The average Bonchev–Trinajstić information content (AvgIpc) is 2.68. The molecule has 0 aliphatic carbocycles. The van der Waals surface area contributed by atoms with Crippen LogP contribution in [0.3, 0.4) is 0 Å². The Morgan fingerprint density at radius 3 is 2.62 bits per heavy atom. The zero-order chi connectivity index (χ0) is 18.5. The maximum atomic E-state index is 12.7. The standard InChI is InChI=1S/C19H24N4O3/c1-13-6-8-23(9-7-13)19(24)16-11-18(21-12-20-16)22-15-5-4-14(25-2)10-17(15)26-3/h4-5,10-13H,6-9H2,1-3H3,(H,20,21,22). The highest BCUT2D eigenvalue weighted by Crippen LogP contribution is 2.31. The summed E-state index contributed by atoms with van der Waals surface area (Å²) in [6, 6.07) is 7.12. The molecule has 7 nitrogen and oxygen atoms in total. The normalized spacial score (nSPS) is 14.8. The molecule has 1 N–H and O–H groups in total. The first-order chi connectivity index (χ1) is 12.6. The van der Waals surface area contributed by atoms with Crippen LogP contribution in [0.15, 0.2) is 30.6 Å². The fourth-order valence-corrected chi connectivity index (χ4v) is 2.96. The van der Waals surface area contributed by atoms with Gasteiger partial charge in [-0.15, -0.1) is 0 Å². The molecule has 0 bridgehead atoms. The van der Waals surface area contributed by atoms with Crippen LogP contribution in [0.2, 0.25) is 0 Å². The number of hydrogen-bond donors (Lipinski definition) is 1. The van der Waals surface area contributed by atoms with Crippen LogP contribution in [0.25, 0.3) is 0 Å². The van der Waals surface area contributed by atoms with E-state index >= 15 is 0 Å². The Hall–Kier alpha value is -2.83. The number of benzene rings is 1. The molecule has 7 heteroatoms. The van der Waals surface area contributed by atoms with Crippen LogP contribution in [0.5, 0.6) is 11.5 Å². The minimum atomic E-state index is -0.0518. The number of carbonyl (C=O) groups is 1. The molecule has 1 fully saturated rings. The summed E-state index contributed by atoms with van der Waals surface area (Å²) < 4.78 is 10.6. The minimum Gasteiger partial charge on any atom is -0.497 e. The number of nitrogens with one attached hydrogen (secondary N) is 1. The SMILES string of the molecule is COc1ccc(Nc2cc(C(=O)N3CCC(C)CC3)ncn2)c(OC)c1. The Morgan fingerprint density at radius 1 is 1.15 bits per heavy atom. The van der Waals surface area contributed by atoms with E-state index in [-0.39, 0.29) is 5.91 Å². The van der Waals surface area contributed by atoms with E-state index in [4.69, 9.17) is 9.47 Å². The molecule has 1 aliphatic rings. The number of amides is 1. The van der Waals surface area contributed by atoms with Gasteiger partial charge in [-0.2, -0.15) is 0 Å². The lowest BCUT2D eigenvalue weighted by atomic mass is 9.99. The molecule has 2 heterocycles. The molecular formula is C19H24N4O3. The quantitative estimate of drug-likeness (QED) is 0.887.